The van der Waals surface area contributed by atoms with Gasteiger partial charge in [-0.15, -0.1) is 11.3 Å². The van der Waals surface area contributed by atoms with Crippen LogP contribution in [0.3, 0.4) is 0 Å². The number of hydrogen-bond acceptors (Lipinski definition) is 3. The third kappa shape index (κ3) is 3.89. The van der Waals surface area contributed by atoms with Crippen LogP contribution in [0, 0.1) is 0 Å². The van der Waals surface area contributed by atoms with Crippen molar-refractivity contribution < 1.29 is 4.74 Å². The number of ether oxygens (including phenoxy) is 1. The van der Waals surface area contributed by atoms with E-state index in [4.69, 9.17) is 10.5 Å². The molecule has 1 heterocycles. The van der Waals surface area contributed by atoms with Gasteiger partial charge in [0.05, 0.1) is 0 Å². The molecule has 1 unspecified atom stereocenters. The van der Waals surface area contributed by atoms with Crippen molar-refractivity contribution in [3.05, 3.63) is 22.4 Å². The highest BCUT2D eigenvalue weighted by Crippen LogP contribution is 2.20. The van der Waals surface area contributed by atoms with E-state index in [1.165, 1.54) is 4.88 Å². The van der Waals surface area contributed by atoms with Crippen LogP contribution in [0.5, 0.6) is 0 Å². The van der Waals surface area contributed by atoms with Crippen LogP contribution in [0.1, 0.15) is 30.7 Å². The smallest absolute Gasteiger partial charge is 0.0466 e. The Morgan fingerprint density at radius 2 is 2.46 bits per heavy atom. The Hall–Kier alpha value is -0.380. The van der Waals surface area contributed by atoms with Crippen molar-refractivity contribution in [1.29, 1.82) is 0 Å². The lowest BCUT2D eigenvalue weighted by Crippen LogP contribution is -2.09. The number of nitrogens with two attached hydrogens (primary N) is 1. The molecule has 13 heavy (non-hydrogen) atoms. The molecule has 3 heteroatoms. The van der Waals surface area contributed by atoms with Gasteiger partial charge in [-0.25, -0.2) is 0 Å². The molecule has 1 rings (SSSR count). The van der Waals surface area contributed by atoms with Gasteiger partial charge in [0.1, 0.15) is 0 Å². The minimum Gasteiger partial charge on any atom is -0.382 e. The molecule has 1 atom stereocenters. The molecule has 0 saturated heterocycles. The minimum atomic E-state index is 0.195. The van der Waals surface area contributed by atoms with Gasteiger partial charge >= 0.3 is 0 Å². The summed E-state index contributed by atoms with van der Waals surface area (Å²) in [6.07, 6.45) is 2.06. The van der Waals surface area contributed by atoms with Gasteiger partial charge in [-0.3, -0.25) is 0 Å². The van der Waals surface area contributed by atoms with E-state index in [0.29, 0.717) is 0 Å². The van der Waals surface area contributed by atoms with E-state index in [1.807, 2.05) is 13.0 Å². The molecular formula is C10H17NOS. The molecular weight excluding hydrogens is 182 g/mol. The van der Waals surface area contributed by atoms with Gasteiger partial charge in [-0.2, -0.15) is 0 Å². The summed E-state index contributed by atoms with van der Waals surface area (Å²) in [6, 6.07) is 4.33. The fraction of sp³-hybridized carbons (Fsp3) is 0.600. The van der Waals surface area contributed by atoms with Crippen molar-refractivity contribution >= 4 is 11.3 Å². The third-order valence-corrected chi connectivity index (χ3v) is 2.92. The molecule has 74 valence electrons. The second-order valence-electron chi connectivity index (χ2n) is 2.96. The molecule has 0 bridgehead atoms. The first-order valence-electron chi connectivity index (χ1n) is 4.71. The van der Waals surface area contributed by atoms with E-state index in [0.717, 1.165) is 26.1 Å². The Labute approximate surface area is 83.7 Å². The lowest BCUT2D eigenvalue weighted by atomic mass is 10.1. The topological polar surface area (TPSA) is 35.2 Å². The Morgan fingerprint density at radius 3 is 3.08 bits per heavy atom. The van der Waals surface area contributed by atoms with Crippen molar-refractivity contribution in [2.45, 2.75) is 25.8 Å². The highest BCUT2D eigenvalue weighted by atomic mass is 32.1. The normalized spacial score (nSPS) is 13.1. The third-order valence-electron chi connectivity index (χ3n) is 1.92. The molecule has 1 aromatic heterocycles. The maximum atomic E-state index is 5.98. The van der Waals surface area contributed by atoms with Crippen molar-refractivity contribution in [2.24, 2.45) is 5.73 Å². The van der Waals surface area contributed by atoms with Crippen LogP contribution in [0.4, 0.5) is 0 Å². The van der Waals surface area contributed by atoms with E-state index < -0.39 is 0 Å². The second-order valence-corrected chi connectivity index (χ2v) is 3.94. The summed E-state index contributed by atoms with van der Waals surface area (Å²) in [4.78, 5) is 1.27. The van der Waals surface area contributed by atoms with Gasteiger partial charge in [-0.1, -0.05) is 6.07 Å². The maximum Gasteiger partial charge on any atom is 0.0466 e. The van der Waals surface area contributed by atoms with E-state index in [-0.39, 0.29) is 6.04 Å². The van der Waals surface area contributed by atoms with Crippen LogP contribution < -0.4 is 5.73 Å². The number of hydrogen-bond donors (Lipinski definition) is 1. The monoisotopic (exact) mass is 199 g/mol. The van der Waals surface area contributed by atoms with Gasteiger partial charge in [0.2, 0.25) is 0 Å². The molecule has 0 aliphatic carbocycles. The molecule has 0 aliphatic heterocycles. The van der Waals surface area contributed by atoms with Crippen LogP contribution in [-0.4, -0.2) is 13.2 Å². The molecule has 2 nitrogen and oxygen atoms in total. The first-order chi connectivity index (χ1) is 6.34. The predicted octanol–water partition coefficient (Wildman–Crippen LogP) is 2.56. The Balaban J connectivity index is 2.15. The minimum absolute atomic E-state index is 0.195. The van der Waals surface area contributed by atoms with Gasteiger partial charge in [0.15, 0.2) is 0 Å². The van der Waals surface area contributed by atoms with E-state index >= 15 is 0 Å². The SMILES string of the molecule is CCOCCCC(N)c1cccs1. The quantitative estimate of drug-likeness (QED) is 0.715. The summed E-state index contributed by atoms with van der Waals surface area (Å²) in [5, 5.41) is 2.07. The first-order valence-corrected chi connectivity index (χ1v) is 5.59. The summed E-state index contributed by atoms with van der Waals surface area (Å²) in [5.74, 6) is 0. The molecule has 0 amide bonds. The Bertz CT molecular complexity index is 211. The molecule has 0 saturated carbocycles. The lowest BCUT2D eigenvalue weighted by molar-refractivity contribution is 0.142. The van der Waals surface area contributed by atoms with E-state index in [2.05, 4.69) is 11.4 Å². The predicted molar refractivity (Wildman–Crippen MR) is 57.0 cm³/mol. The van der Waals surface area contributed by atoms with Crippen molar-refractivity contribution in [1.82, 2.24) is 0 Å². The largest absolute Gasteiger partial charge is 0.382 e. The first kappa shape index (κ1) is 10.7. The fourth-order valence-corrected chi connectivity index (χ4v) is 1.96. The van der Waals surface area contributed by atoms with Crippen molar-refractivity contribution in [3.63, 3.8) is 0 Å². The van der Waals surface area contributed by atoms with Crippen LogP contribution in [0.15, 0.2) is 17.5 Å². The van der Waals surface area contributed by atoms with Gasteiger partial charge in [0.25, 0.3) is 0 Å². The molecule has 1 aromatic rings. The zero-order valence-corrected chi connectivity index (χ0v) is 8.85. The van der Waals surface area contributed by atoms with Gasteiger partial charge in [-0.05, 0) is 31.2 Å². The molecule has 0 fully saturated rings. The highest BCUT2D eigenvalue weighted by molar-refractivity contribution is 7.10. The Morgan fingerprint density at radius 1 is 1.62 bits per heavy atom. The van der Waals surface area contributed by atoms with Crippen molar-refractivity contribution in [2.75, 3.05) is 13.2 Å². The van der Waals surface area contributed by atoms with E-state index in [1.54, 1.807) is 11.3 Å². The van der Waals surface area contributed by atoms with Crippen LogP contribution in [-0.2, 0) is 4.74 Å². The number of rotatable bonds is 6. The second kappa shape index (κ2) is 6.13. The highest BCUT2D eigenvalue weighted by Gasteiger charge is 2.05. The summed E-state index contributed by atoms with van der Waals surface area (Å²) >= 11 is 1.73. The van der Waals surface area contributed by atoms with Crippen LogP contribution >= 0.6 is 11.3 Å². The average molecular weight is 199 g/mol. The molecule has 0 spiro atoms. The van der Waals surface area contributed by atoms with Crippen LogP contribution in [0.2, 0.25) is 0 Å². The molecule has 0 aromatic carbocycles. The summed E-state index contributed by atoms with van der Waals surface area (Å²) in [6.45, 7) is 3.64. The number of thiophene rings is 1. The zero-order chi connectivity index (χ0) is 9.52. The average Bonchev–Trinajstić information content (AvgIpc) is 2.65. The van der Waals surface area contributed by atoms with Gasteiger partial charge in [0, 0.05) is 24.1 Å². The summed E-state index contributed by atoms with van der Waals surface area (Å²) in [7, 11) is 0. The molecule has 0 radical (unpaired) electrons. The maximum absolute atomic E-state index is 5.98. The van der Waals surface area contributed by atoms with Crippen molar-refractivity contribution in [3.8, 4) is 0 Å². The standard InChI is InChI=1S/C10H17NOS/c1-2-12-7-3-5-9(11)10-6-4-8-13-10/h4,6,8-9H,2-3,5,7,11H2,1H3. The Kier molecular flexibility index (Phi) is 5.05. The fourth-order valence-electron chi connectivity index (χ4n) is 1.19. The summed E-state index contributed by atoms with van der Waals surface area (Å²) in [5.41, 5.74) is 5.98. The lowest BCUT2D eigenvalue weighted by Gasteiger charge is -2.08. The molecule has 0 aliphatic rings. The van der Waals surface area contributed by atoms with Crippen LogP contribution in [0.25, 0.3) is 0 Å². The summed E-state index contributed by atoms with van der Waals surface area (Å²) < 4.78 is 5.25. The molecule has 2 N–H and O–H groups in total. The van der Waals surface area contributed by atoms with Gasteiger partial charge < -0.3 is 10.5 Å². The zero-order valence-electron chi connectivity index (χ0n) is 8.03. The van der Waals surface area contributed by atoms with E-state index in [9.17, 15) is 0 Å².